The summed E-state index contributed by atoms with van der Waals surface area (Å²) in [5, 5.41) is 2.55. The van der Waals surface area contributed by atoms with Crippen LogP contribution in [0.5, 0.6) is 5.75 Å². The van der Waals surface area contributed by atoms with Crippen LogP contribution in [0.1, 0.15) is 0 Å². The molecule has 0 aromatic heterocycles. The number of benzene rings is 1. The van der Waals surface area contributed by atoms with Gasteiger partial charge >= 0.3 is 6.09 Å². The summed E-state index contributed by atoms with van der Waals surface area (Å²) in [6.07, 6.45) is -0.524. The predicted molar refractivity (Wildman–Crippen MR) is 58.7 cm³/mol. The van der Waals surface area contributed by atoms with E-state index in [0.717, 1.165) is 0 Å². The predicted octanol–water partition coefficient (Wildman–Crippen LogP) is 2.48. The minimum absolute atomic E-state index is 0.192. The first kappa shape index (κ1) is 11.7. The average molecular weight is 230 g/mol. The van der Waals surface area contributed by atoms with Crippen LogP contribution in [-0.2, 0) is 4.74 Å². The van der Waals surface area contributed by atoms with Crippen molar-refractivity contribution in [2.75, 3.05) is 24.9 Å². The molecule has 0 saturated carbocycles. The highest BCUT2D eigenvalue weighted by atomic mass is 35.5. The molecule has 15 heavy (non-hydrogen) atoms. The number of carbonyl (C=O) groups excluding carboxylic acids is 1. The fourth-order valence-corrected chi connectivity index (χ4v) is 1.06. The van der Waals surface area contributed by atoms with E-state index >= 15 is 0 Å². The third-order valence-corrected chi connectivity index (χ3v) is 1.78. The van der Waals surface area contributed by atoms with Crippen LogP contribution in [0.3, 0.4) is 0 Å². The van der Waals surface area contributed by atoms with Crippen LogP contribution in [0, 0.1) is 0 Å². The average Bonchev–Trinajstić information content (AvgIpc) is 2.26. The highest BCUT2D eigenvalue weighted by Crippen LogP contribution is 2.16. The molecule has 5 heteroatoms. The van der Waals surface area contributed by atoms with E-state index < -0.39 is 6.09 Å². The smallest absolute Gasteiger partial charge is 0.411 e. The summed E-state index contributed by atoms with van der Waals surface area (Å²) in [5.74, 6) is 0.955. The molecule has 1 rings (SSSR count). The van der Waals surface area contributed by atoms with E-state index in [-0.39, 0.29) is 12.5 Å². The molecule has 0 unspecified atom stereocenters. The normalized spacial score (nSPS) is 9.47. The van der Waals surface area contributed by atoms with E-state index in [0.29, 0.717) is 11.4 Å². The Morgan fingerprint density at radius 1 is 1.53 bits per heavy atom. The summed E-state index contributed by atoms with van der Waals surface area (Å²) in [5.41, 5.74) is 0.619. The van der Waals surface area contributed by atoms with E-state index in [1.54, 1.807) is 31.4 Å². The second-order valence-corrected chi connectivity index (χ2v) is 3.06. The number of carbonyl (C=O) groups is 1. The number of halogens is 1. The Morgan fingerprint density at radius 2 is 2.33 bits per heavy atom. The van der Waals surface area contributed by atoms with Crippen LogP contribution in [-0.4, -0.2) is 25.7 Å². The van der Waals surface area contributed by atoms with Crippen molar-refractivity contribution in [2.24, 2.45) is 0 Å². The second-order valence-electron chi connectivity index (χ2n) is 2.68. The van der Waals surface area contributed by atoms with E-state index in [1.807, 2.05) is 0 Å². The van der Waals surface area contributed by atoms with Crippen molar-refractivity contribution in [1.82, 2.24) is 0 Å². The summed E-state index contributed by atoms with van der Waals surface area (Å²) in [6.45, 7) is 0.192. The third kappa shape index (κ3) is 4.08. The molecule has 0 fully saturated rings. The van der Waals surface area contributed by atoms with Gasteiger partial charge in [-0.05, 0) is 12.1 Å². The number of amides is 1. The molecule has 0 bridgehead atoms. The van der Waals surface area contributed by atoms with Crippen LogP contribution >= 0.6 is 11.6 Å². The van der Waals surface area contributed by atoms with Crippen molar-refractivity contribution in [2.45, 2.75) is 0 Å². The lowest BCUT2D eigenvalue weighted by Crippen LogP contribution is -2.14. The van der Waals surface area contributed by atoms with Gasteiger partial charge in [-0.25, -0.2) is 4.79 Å². The molecular formula is C10H12ClNO3. The molecule has 82 valence electrons. The molecule has 0 saturated heterocycles. The van der Waals surface area contributed by atoms with Gasteiger partial charge in [-0.15, -0.1) is 11.6 Å². The van der Waals surface area contributed by atoms with Crippen molar-refractivity contribution in [3.05, 3.63) is 24.3 Å². The van der Waals surface area contributed by atoms with Gasteiger partial charge in [-0.3, -0.25) is 5.32 Å². The third-order valence-electron chi connectivity index (χ3n) is 1.63. The lowest BCUT2D eigenvalue weighted by atomic mass is 10.3. The van der Waals surface area contributed by atoms with Crippen LogP contribution < -0.4 is 10.1 Å². The Morgan fingerprint density at radius 3 is 3.00 bits per heavy atom. The van der Waals surface area contributed by atoms with Gasteiger partial charge in [0.05, 0.1) is 13.0 Å². The van der Waals surface area contributed by atoms with Crippen molar-refractivity contribution >= 4 is 23.4 Å². The van der Waals surface area contributed by atoms with Gasteiger partial charge < -0.3 is 9.47 Å². The van der Waals surface area contributed by atoms with Gasteiger partial charge in [0.1, 0.15) is 12.4 Å². The molecule has 1 N–H and O–H groups in total. The Bertz CT molecular complexity index is 330. The van der Waals surface area contributed by atoms with Crippen LogP contribution in [0.15, 0.2) is 24.3 Å². The Balaban J connectivity index is 2.52. The highest BCUT2D eigenvalue weighted by Gasteiger charge is 2.02. The summed E-state index contributed by atoms with van der Waals surface area (Å²) >= 11 is 5.37. The van der Waals surface area contributed by atoms with E-state index in [2.05, 4.69) is 5.32 Å². The van der Waals surface area contributed by atoms with Gasteiger partial charge in [0.25, 0.3) is 0 Å². The first-order valence-electron chi connectivity index (χ1n) is 4.40. The zero-order valence-electron chi connectivity index (χ0n) is 8.33. The first-order valence-corrected chi connectivity index (χ1v) is 4.93. The fourth-order valence-electron chi connectivity index (χ4n) is 0.986. The maximum Gasteiger partial charge on any atom is 0.411 e. The maximum absolute atomic E-state index is 11.1. The first-order chi connectivity index (χ1) is 7.26. The number of ether oxygens (including phenoxy) is 2. The molecule has 0 atom stereocenters. The molecule has 0 heterocycles. The van der Waals surface area contributed by atoms with Gasteiger partial charge in [0.2, 0.25) is 0 Å². The lowest BCUT2D eigenvalue weighted by Gasteiger charge is -2.06. The summed E-state index contributed by atoms with van der Waals surface area (Å²) in [6, 6.07) is 7.00. The van der Waals surface area contributed by atoms with Crippen molar-refractivity contribution < 1.29 is 14.3 Å². The molecular weight excluding hydrogens is 218 g/mol. The van der Waals surface area contributed by atoms with Crippen LogP contribution in [0.4, 0.5) is 10.5 Å². The van der Waals surface area contributed by atoms with E-state index in [1.165, 1.54) is 0 Å². The highest BCUT2D eigenvalue weighted by molar-refractivity contribution is 6.18. The van der Waals surface area contributed by atoms with E-state index in [4.69, 9.17) is 21.1 Å². The second kappa shape index (κ2) is 6.14. The number of rotatable bonds is 4. The molecule has 1 aromatic carbocycles. The number of hydrogen-bond acceptors (Lipinski definition) is 3. The molecule has 1 aromatic rings. The molecule has 4 nitrogen and oxygen atoms in total. The molecule has 0 aliphatic heterocycles. The SMILES string of the molecule is COc1cccc(NC(=O)OCCCl)c1. The lowest BCUT2D eigenvalue weighted by molar-refractivity contribution is 0.168. The van der Waals surface area contributed by atoms with Gasteiger partial charge in [-0.2, -0.15) is 0 Å². The van der Waals surface area contributed by atoms with Gasteiger partial charge in [-0.1, -0.05) is 6.07 Å². The molecule has 0 radical (unpaired) electrons. The summed E-state index contributed by atoms with van der Waals surface area (Å²) in [4.78, 5) is 11.1. The quantitative estimate of drug-likeness (QED) is 0.807. The summed E-state index contributed by atoms with van der Waals surface area (Å²) in [7, 11) is 1.56. The topological polar surface area (TPSA) is 47.6 Å². The number of nitrogens with one attached hydrogen (secondary N) is 1. The zero-order valence-corrected chi connectivity index (χ0v) is 9.08. The fraction of sp³-hybridized carbons (Fsp3) is 0.300. The monoisotopic (exact) mass is 229 g/mol. The minimum Gasteiger partial charge on any atom is -0.497 e. The van der Waals surface area contributed by atoms with Crippen molar-refractivity contribution in [3.63, 3.8) is 0 Å². The molecule has 0 aliphatic carbocycles. The Hall–Kier alpha value is -1.42. The van der Waals surface area contributed by atoms with Gasteiger partial charge in [0, 0.05) is 11.8 Å². The molecule has 0 aliphatic rings. The van der Waals surface area contributed by atoms with Gasteiger partial charge in [0.15, 0.2) is 0 Å². The number of alkyl halides is 1. The Kier molecular flexibility index (Phi) is 4.77. The molecule has 1 amide bonds. The van der Waals surface area contributed by atoms with Crippen LogP contribution in [0.25, 0.3) is 0 Å². The number of methoxy groups -OCH3 is 1. The van der Waals surface area contributed by atoms with E-state index in [9.17, 15) is 4.79 Å². The zero-order chi connectivity index (χ0) is 11.1. The minimum atomic E-state index is -0.524. The number of anilines is 1. The number of hydrogen-bond donors (Lipinski definition) is 1. The Labute approximate surface area is 93.1 Å². The van der Waals surface area contributed by atoms with Crippen molar-refractivity contribution in [3.8, 4) is 5.75 Å². The summed E-state index contributed by atoms with van der Waals surface area (Å²) < 4.78 is 9.75. The molecule has 0 spiro atoms. The van der Waals surface area contributed by atoms with Crippen molar-refractivity contribution in [1.29, 1.82) is 0 Å². The standard InChI is InChI=1S/C10H12ClNO3/c1-14-9-4-2-3-8(7-9)12-10(13)15-6-5-11/h2-4,7H,5-6H2,1H3,(H,12,13). The largest absolute Gasteiger partial charge is 0.497 e. The van der Waals surface area contributed by atoms with Crippen LogP contribution in [0.2, 0.25) is 0 Å². The maximum atomic E-state index is 11.1.